The largest absolute Gasteiger partial charge is 0.476 e. The molecule has 6 heteroatoms. The predicted octanol–water partition coefficient (Wildman–Crippen LogP) is 1.79. The zero-order chi connectivity index (χ0) is 12.8. The second kappa shape index (κ2) is 5.90. The highest BCUT2D eigenvalue weighted by atomic mass is 16.5. The van der Waals surface area contributed by atoms with E-state index < -0.39 is 0 Å². The minimum Gasteiger partial charge on any atom is -0.476 e. The number of nitrogens with zero attached hydrogens (tertiary/aromatic N) is 2. The number of anilines is 2. The molecule has 4 N–H and O–H groups in total. The number of ether oxygens (including phenoxy) is 1. The maximum Gasteiger partial charge on any atom is 0.239 e. The number of aromatic nitrogens is 3. The Morgan fingerprint density at radius 2 is 2.33 bits per heavy atom. The molecule has 2 aromatic rings. The zero-order valence-electron chi connectivity index (χ0n) is 10.3. The van der Waals surface area contributed by atoms with Crippen molar-refractivity contribution in [2.45, 2.75) is 19.9 Å². The summed E-state index contributed by atoms with van der Waals surface area (Å²) < 4.78 is 5.47. The Morgan fingerprint density at radius 3 is 3.06 bits per heavy atom. The second-order valence-corrected chi connectivity index (χ2v) is 3.87. The molecule has 0 aliphatic rings. The van der Waals surface area contributed by atoms with Gasteiger partial charge in [-0.1, -0.05) is 6.92 Å². The van der Waals surface area contributed by atoms with Crippen LogP contribution in [-0.4, -0.2) is 21.6 Å². The van der Waals surface area contributed by atoms with Gasteiger partial charge in [-0.15, -0.1) is 0 Å². The van der Waals surface area contributed by atoms with Gasteiger partial charge < -0.3 is 20.8 Å². The van der Waals surface area contributed by atoms with Crippen molar-refractivity contribution < 1.29 is 4.74 Å². The number of rotatable bonds is 6. The molecule has 0 aliphatic heterocycles. The van der Waals surface area contributed by atoms with Crippen molar-refractivity contribution in [1.82, 2.24) is 15.0 Å². The first kappa shape index (κ1) is 12.2. The molecule has 0 saturated carbocycles. The maximum absolute atomic E-state index is 5.79. The topological polar surface area (TPSA) is 88.8 Å². The van der Waals surface area contributed by atoms with Crippen LogP contribution in [0.25, 0.3) is 0 Å². The molecular formula is C12H17N5O. The number of hydrogen-bond donors (Lipinski definition) is 3. The lowest BCUT2D eigenvalue weighted by Crippen LogP contribution is -2.05. The van der Waals surface area contributed by atoms with Crippen LogP contribution >= 0.6 is 0 Å². The summed E-state index contributed by atoms with van der Waals surface area (Å²) in [5.74, 6) is 1.20. The molecule has 0 aromatic carbocycles. The summed E-state index contributed by atoms with van der Waals surface area (Å²) in [7, 11) is 0. The number of aromatic amines is 1. The van der Waals surface area contributed by atoms with Gasteiger partial charge in [0, 0.05) is 6.20 Å². The highest BCUT2D eigenvalue weighted by Gasteiger charge is 2.04. The van der Waals surface area contributed by atoms with Crippen molar-refractivity contribution in [1.29, 1.82) is 0 Å². The third kappa shape index (κ3) is 3.13. The first-order valence-corrected chi connectivity index (χ1v) is 5.90. The van der Waals surface area contributed by atoms with Gasteiger partial charge >= 0.3 is 0 Å². The van der Waals surface area contributed by atoms with Gasteiger partial charge in [0.25, 0.3) is 0 Å². The fourth-order valence-corrected chi connectivity index (χ4v) is 1.43. The normalized spacial score (nSPS) is 10.3. The fourth-order valence-electron chi connectivity index (χ4n) is 1.43. The van der Waals surface area contributed by atoms with Crippen molar-refractivity contribution in [2.75, 3.05) is 17.7 Å². The molecule has 0 saturated heterocycles. The number of imidazole rings is 1. The van der Waals surface area contributed by atoms with Crippen molar-refractivity contribution in [3.63, 3.8) is 0 Å². The van der Waals surface area contributed by atoms with Crippen molar-refractivity contribution in [2.24, 2.45) is 0 Å². The van der Waals surface area contributed by atoms with Crippen LogP contribution in [-0.2, 0) is 6.54 Å². The summed E-state index contributed by atoms with van der Waals surface area (Å²) >= 11 is 0. The zero-order valence-corrected chi connectivity index (χ0v) is 10.3. The van der Waals surface area contributed by atoms with Gasteiger partial charge in [-0.05, 0) is 18.6 Å². The molecule has 0 spiro atoms. The Balaban J connectivity index is 2.00. The number of pyridine rings is 1. The van der Waals surface area contributed by atoms with Crippen LogP contribution in [0.15, 0.2) is 24.7 Å². The monoisotopic (exact) mass is 247 g/mol. The van der Waals surface area contributed by atoms with Gasteiger partial charge in [0.15, 0.2) is 0 Å². The number of nitrogens with one attached hydrogen (secondary N) is 2. The number of H-pyrrole nitrogens is 1. The first-order valence-electron chi connectivity index (χ1n) is 5.90. The van der Waals surface area contributed by atoms with E-state index in [0.717, 1.165) is 17.9 Å². The molecular weight excluding hydrogens is 230 g/mol. The lowest BCUT2D eigenvalue weighted by molar-refractivity contribution is 0.307. The van der Waals surface area contributed by atoms with E-state index in [2.05, 4.69) is 20.3 Å². The molecule has 2 aromatic heterocycles. The van der Waals surface area contributed by atoms with Crippen LogP contribution in [0.5, 0.6) is 5.88 Å². The molecule has 6 nitrogen and oxygen atoms in total. The van der Waals surface area contributed by atoms with Gasteiger partial charge in [-0.2, -0.15) is 4.98 Å². The van der Waals surface area contributed by atoms with Crippen LogP contribution in [0.3, 0.4) is 0 Å². The first-order chi connectivity index (χ1) is 8.79. The Kier molecular flexibility index (Phi) is 4.01. The Hall–Kier alpha value is -2.24. The van der Waals surface area contributed by atoms with Crippen LogP contribution in [0.2, 0.25) is 0 Å². The van der Waals surface area contributed by atoms with Crippen LogP contribution in [0, 0.1) is 0 Å². The fraction of sp³-hybridized carbons (Fsp3) is 0.333. The third-order valence-electron chi connectivity index (χ3n) is 2.35. The average Bonchev–Trinajstić information content (AvgIpc) is 2.89. The summed E-state index contributed by atoms with van der Waals surface area (Å²) in [6.07, 6.45) is 4.33. The molecule has 0 amide bonds. The lowest BCUT2D eigenvalue weighted by Gasteiger charge is -2.09. The molecule has 96 valence electrons. The Labute approximate surface area is 106 Å². The average molecular weight is 247 g/mol. The van der Waals surface area contributed by atoms with Crippen LogP contribution < -0.4 is 15.8 Å². The van der Waals surface area contributed by atoms with E-state index in [4.69, 9.17) is 10.5 Å². The Morgan fingerprint density at radius 1 is 1.44 bits per heavy atom. The molecule has 0 fully saturated rings. The van der Waals surface area contributed by atoms with E-state index in [1.807, 2.05) is 13.0 Å². The van der Waals surface area contributed by atoms with Gasteiger partial charge in [-0.25, -0.2) is 4.98 Å². The molecule has 0 unspecified atom stereocenters. The van der Waals surface area contributed by atoms with Crippen LogP contribution in [0.1, 0.15) is 19.0 Å². The van der Waals surface area contributed by atoms with E-state index in [1.54, 1.807) is 18.6 Å². The minimum absolute atomic E-state index is 0.478. The van der Waals surface area contributed by atoms with Crippen LogP contribution in [0.4, 0.5) is 11.5 Å². The van der Waals surface area contributed by atoms with Gasteiger partial charge in [0.1, 0.15) is 5.82 Å². The quantitative estimate of drug-likeness (QED) is 0.724. The lowest BCUT2D eigenvalue weighted by atomic mass is 10.4. The third-order valence-corrected chi connectivity index (χ3v) is 2.35. The molecule has 0 atom stereocenters. The molecule has 2 heterocycles. The Bertz CT molecular complexity index is 483. The minimum atomic E-state index is 0.478. The number of nitrogens with two attached hydrogens (primary N) is 1. The van der Waals surface area contributed by atoms with Crippen molar-refractivity contribution in [3.8, 4) is 5.88 Å². The van der Waals surface area contributed by atoms with E-state index in [1.165, 1.54) is 0 Å². The second-order valence-electron chi connectivity index (χ2n) is 3.87. The van der Waals surface area contributed by atoms with E-state index >= 15 is 0 Å². The van der Waals surface area contributed by atoms with Gasteiger partial charge in [0.2, 0.25) is 5.88 Å². The van der Waals surface area contributed by atoms with Crippen molar-refractivity contribution in [3.05, 3.63) is 30.4 Å². The summed E-state index contributed by atoms with van der Waals surface area (Å²) in [4.78, 5) is 11.3. The highest BCUT2D eigenvalue weighted by Crippen LogP contribution is 2.21. The molecule has 2 rings (SSSR count). The van der Waals surface area contributed by atoms with Gasteiger partial charge in [0.05, 0.1) is 30.9 Å². The summed E-state index contributed by atoms with van der Waals surface area (Å²) in [5.41, 5.74) is 7.33. The molecule has 18 heavy (non-hydrogen) atoms. The number of hydrogen-bond acceptors (Lipinski definition) is 5. The van der Waals surface area contributed by atoms with E-state index in [-0.39, 0.29) is 0 Å². The van der Waals surface area contributed by atoms with Gasteiger partial charge in [-0.3, -0.25) is 0 Å². The molecule has 0 radical (unpaired) electrons. The predicted molar refractivity (Wildman–Crippen MR) is 70.3 cm³/mol. The summed E-state index contributed by atoms with van der Waals surface area (Å²) in [6, 6.07) is 3.61. The summed E-state index contributed by atoms with van der Waals surface area (Å²) in [5, 5.41) is 3.17. The number of nitrogen functional groups attached to an aromatic ring is 1. The smallest absolute Gasteiger partial charge is 0.239 e. The van der Waals surface area contributed by atoms with E-state index in [0.29, 0.717) is 24.7 Å². The van der Waals surface area contributed by atoms with E-state index in [9.17, 15) is 0 Å². The highest BCUT2D eigenvalue weighted by molar-refractivity contribution is 5.53. The maximum atomic E-state index is 5.79. The van der Waals surface area contributed by atoms with Crippen molar-refractivity contribution >= 4 is 11.5 Å². The standard InChI is InChI=1S/C12H17N5O/c1-2-5-18-12-10(13)3-4-11(17-12)15-7-9-6-14-8-16-9/h3-4,6,8H,2,5,7,13H2,1H3,(H,14,16)(H,15,17). The molecule has 0 bridgehead atoms. The molecule has 0 aliphatic carbocycles. The summed E-state index contributed by atoms with van der Waals surface area (Å²) in [6.45, 7) is 3.28. The SMILES string of the molecule is CCCOc1nc(NCc2cnc[nH]2)ccc1N.